The molecule has 7 nitrogen and oxygen atoms in total. The van der Waals surface area contributed by atoms with Crippen molar-refractivity contribution in [1.29, 1.82) is 0 Å². The van der Waals surface area contributed by atoms with Crippen molar-refractivity contribution in [3.8, 4) is 0 Å². The van der Waals surface area contributed by atoms with Crippen molar-refractivity contribution in [2.45, 2.75) is 120 Å². The summed E-state index contributed by atoms with van der Waals surface area (Å²) in [5.41, 5.74) is 8.75. The maximum atomic E-state index is 11.0. The number of nitrogens with one attached hydrogen (secondary N) is 1. The van der Waals surface area contributed by atoms with Gasteiger partial charge in [0.05, 0.1) is 6.10 Å². The van der Waals surface area contributed by atoms with Gasteiger partial charge in [0.2, 0.25) is 12.3 Å². The third kappa shape index (κ3) is 26.2. The van der Waals surface area contributed by atoms with Gasteiger partial charge in [-0.2, -0.15) is 0 Å². The second-order valence-corrected chi connectivity index (χ2v) is 10.7. The van der Waals surface area contributed by atoms with Crippen LogP contribution in [-0.2, 0) is 20.9 Å². The molecule has 1 aliphatic rings. The number of Topliss-reactive ketones (excluding diaryl/α,β-unsaturated/α-hetero) is 1. The van der Waals surface area contributed by atoms with E-state index in [1.54, 1.807) is 23.6 Å². The Balaban J connectivity index is -0.000000546. The molecule has 1 heterocycles. The highest BCUT2D eigenvalue weighted by Crippen LogP contribution is 2.31. The number of nitrogens with zero attached hydrogens (tertiary/aromatic N) is 1. The Morgan fingerprint density at radius 3 is 2.02 bits per heavy atom. The molecular weight excluding hydrogens is 534 g/mol. The zero-order valence-corrected chi connectivity index (χ0v) is 28.3. The van der Waals surface area contributed by atoms with Crippen LogP contribution in [0.4, 0.5) is 0 Å². The maximum absolute atomic E-state index is 11.0. The standard InChI is InChI=1S/C16H21NOS.C7H13NO2.C5H10O.C3H9N.C2H6/c1-4-5-10-19-16(13(2)3)15-8-6-14(7-9-15)11-17-12-18;1-2-7(10)8-4-3-6(9)5-8;1-3-4-5(2)6;1-3(2)4;1-2/h5-10,12H,4,11H2,1-3H3,(H,17,18);6,9H,2-5H2,1H3;3-4H2,1-2H3;3H,4H2,1-2H3;1-2H3/b10-5-;;;;. The minimum atomic E-state index is -0.282. The molecule has 0 spiro atoms. The lowest BCUT2D eigenvalue weighted by Crippen LogP contribution is -2.28. The third-order valence-electron chi connectivity index (χ3n) is 5.00. The van der Waals surface area contributed by atoms with Gasteiger partial charge < -0.3 is 25.9 Å². The third-order valence-corrected chi connectivity index (χ3v) is 6.21. The fraction of sp³-hybridized carbons (Fsp3) is 0.606. The highest BCUT2D eigenvalue weighted by atomic mass is 32.2. The number of nitrogens with two attached hydrogens (primary N) is 1. The van der Waals surface area contributed by atoms with Gasteiger partial charge in [-0.3, -0.25) is 9.59 Å². The zero-order valence-electron chi connectivity index (χ0n) is 27.5. The van der Waals surface area contributed by atoms with Gasteiger partial charge in [0.25, 0.3) is 0 Å². The summed E-state index contributed by atoms with van der Waals surface area (Å²) in [6.45, 7) is 21.6. The van der Waals surface area contributed by atoms with E-state index in [0.717, 1.165) is 44.2 Å². The fourth-order valence-corrected chi connectivity index (χ4v) is 4.10. The number of carbonyl (C=O) groups excluding carboxylic acids is 3. The molecule has 0 aromatic heterocycles. The Labute approximate surface area is 255 Å². The summed E-state index contributed by atoms with van der Waals surface area (Å²) in [6.07, 6.45) is 6.67. The van der Waals surface area contributed by atoms with Crippen molar-refractivity contribution in [1.82, 2.24) is 10.2 Å². The highest BCUT2D eigenvalue weighted by molar-refractivity contribution is 8.10. The summed E-state index contributed by atoms with van der Waals surface area (Å²) in [4.78, 5) is 34.3. The van der Waals surface area contributed by atoms with E-state index < -0.39 is 0 Å². The fourth-order valence-electron chi connectivity index (χ4n) is 3.16. The van der Waals surface area contributed by atoms with Crippen LogP contribution in [0.5, 0.6) is 0 Å². The van der Waals surface area contributed by atoms with Gasteiger partial charge in [-0.25, -0.2) is 0 Å². The van der Waals surface area contributed by atoms with Crippen molar-refractivity contribution in [2.24, 2.45) is 5.73 Å². The minimum absolute atomic E-state index is 0.150. The number of ketones is 1. The van der Waals surface area contributed by atoms with E-state index in [1.807, 2.05) is 41.5 Å². The highest BCUT2D eigenvalue weighted by Gasteiger charge is 2.22. The molecule has 2 amide bonds. The predicted molar refractivity (Wildman–Crippen MR) is 178 cm³/mol. The Morgan fingerprint density at radius 1 is 1.12 bits per heavy atom. The van der Waals surface area contributed by atoms with Gasteiger partial charge in [0, 0.05) is 37.4 Å². The number of benzene rings is 1. The lowest BCUT2D eigenvalue weighted by atomic mass is 10.1. The molecule has 1 aromatic rings. The van der Waals surface area contributed by atoms with Crippen molar-refractivity contribution in [3.63, 3.8) is 0 Å². The predicted octanol–water partition coefficient (Wildman–Crippen LogP) is 7.09. The van der Waals surface area contributed by atoms with Crippen LogP contribution >= 0.6 is 11.8 Å². The molecular formula is C33H59N3O4S. The number of hydrogen-bond donors (Lipinski definition) is 3. The first-order valence-electron chi connectivity index (χ1n) is 14.9. The van der Waals surface area contributed by atoms with Crippen LogP contribution in [0.15, 0.2) is 41.3 Å². The minimum Gasteiger partial charge on any atom is -0.391 e. The van der Waals surface area contributed by atoms with E-state index in [4.69, 9.17) is 10.8 Å². The van der Waals surface area contributed by atoms with Gasteiger partial charge in [0.15, 0.2) is 0 Å². The Hall–Kier alpha value is -2.42. The topological polar surface area (TPSA) is 113 Å². The summed E-state index contributed by atoms with van der Waals surface area (Å²) in [6, 6.07) is 8.66. The maximum Gasteiger partial charge on any atom is 0.222 e. The molecule has 1 aromatic carbocycles. The number of likely N-dealkylation sites (tertiary alicyclic amines) is 1. The molecule has 1 fully saturated rings. The van der Waals surface area contributed by atoms with E-state index in [-0.39, 0.29) is 17.8 Å². The van der Waals surface area contributed by atoms with E-state index in [2.05, 4.69) is 61.8 Å². The van der Waals surface area contributed by atoms with Crippen LogP contribution in [0.1, 0.15) is 112 Å². The van der Waals surface area contributed by atoms with Crippen LogP contribution in [0.3, 0.4) is 0 Å². The number of rotatable bonds is 10. The summed E-state index contributed by atoms with van der Waals surface area (Å²) in [5, 5.41) is 13.9. The number of aliphatic hydroxyl groups excluding tert-OH is 1. The quantitative estimate of drug-likeness (QED) is 0.250. The van der Waals surface area contributed by atoms with Gasteiger partial charge in [-0.05, 0) is 62.6 Å². The summed E-state index contributed by atoms with van der Waals surface area (Å²) >= 11 is 1.76. The molecule has 1 unspecified atom stereocenters. The van der Waals surface area contributed by atoms with Crippen LogP contribution in [-0.4, -0.2) is 53.3 Å². The molecule has 236 valence electrons. The van der Waals surface area contributed by atoms with E-state index >= 15 is 0 Å². The van der Waals surface area contributed by atoms with Crippen LogP contribution < -0.4 is 11.1 Å². The molecule has 1 atom stereocenters. The van der Waals surface area contributed by atoms with Crippen LogP contribution in [0.2, 0.25) is 0 Å². The SMILES string of the molecule is CC.CC(C)N.CC/C=C\SC(=C(C)C)c1ccc(CNC=O)cc1.CCC(=O)N1CCC(O)C1.CCCC(C)=O. The normalized spacial score (nSPS) is 13.3. The molecule has 4 N–H and O–H groups in total. The molecule has 2 rings (SSSR count). The Kier molecular flexibility index (Phi) is 30.5. The summed E-state index contributed by atoms with van der Waals surface area (Å²) in [5.74, 6) is 0.439. The van der Waals surface area contributed by atoms with E-state index in [0.29, 0.717) is 25.6 Å². The summed E-state index contributed by atoms with van der Waals surface area (Å²) < 4.78 is 0. The van der Waals surface area contributed by atoms with E-state index in [1.165, 1.54) is 16.0 Å². The number of amides is 2. The lowest BCUT2D eigenvalue weighted by Gasteiger charge is -2.13. The number of aliphatic hydroxyl groups is 1. The molecule has 0 bridgehead atoms. The molecule has 0 radical (unpaired) electrons. The van der Waals surface area contributed by atoms with Gasteiger partial charge in [0.1, 0.15) is 5.78 Å². The number of hydrogen-bond acceptors (Lipinski definition) is 6. The van der Waals surface area contributed by atoms with Crippen molar-refractivity contribution < 1.29 is 19.5 Å². The molecule has 41 heavy (non-hydrogen) atoms. The monoisotopic (exact) mass is 593 g/mol. The Bertz CT molecular complexity index is 861. The van der Waals surface area contributed by atoms with Crippen LogP contribution in [0.25, 0.3) is 4.91 Å². The van der Waals surface area contributed by atoms with Gasteiger partial charge >= 0.3 is 0 Å². The molecule has 1 saturated heterocycles. The van der Waals surface area contributed by atoms with E-state index in [9.17, 15) is 14.4 Å². The number of thioether (sulfide) groups is 1. The largest absolute Gasteiger partial charge is 0.391 e. The Morgan fingerprint density at radius 2 is 1.68 bits per heavy atom. The average molecular weight is 594 g/mol. The first kappa shape index (κ1) is 43.0. The van der Waals surface area contributed by atoms with Crippen LogP contribution in [0, 0.1) is 0 Å². The average Bonchev–Trinajstić information content (AvgIpc) is 3.37. The first-order valence-corrected chi connectivity index (χ1v) is 15.8. The van der Waals surface area contributed by atoms with Gasteiger partial charge in [-0.1, -0.05) is 96.1 Å². The lowest BCUT2D eigenvalue weighted by molar-refractivity contribution is -0.130. The molecule has 1 aliphatic heterocycles. The molecule has 0 saturated carbocycles. The van der Waals surface area contributed by atoms with Crippen molar-refractivity contribution >= 4 is 34.8 Å². The molecule has 8 heteroatoms. The number of β-amino-alcohol motifs (C(OH)–C–C–N with tert-alkyl or cyclic N) is 1. The van der Waals surface area contributed by atoms with Crippen molar-refractivity contribution in [2.75, 3.05) is 13.1 Å². The number of allylic oxidation sites excluding steroid dienone is 2. The second kappa shape index (κ2) is 29.1. The zero-order chi connectivity index (χ0) is 32.2. The van der Waals surface area contributed by atoms with Crippen molar-refractivity contribution in [3.05, 3.63) is 52.4 Å². The second-order valence-electron chi connectivity index (χ2n) is 9.75. The first-order chi connectivity index (χ1) is 19.4. The molecule has 0 aliphatic carbocycles. The van der Waals surface area contributed by atoms with Gasteiger partial charge in [-0.15, -0.1) is 0 Å². The number of carbonyl (C=O) groups is 3. The smallest absolute Gasteiger partial charge is 0.222 e. The summed E-state index contributed by atoms with van der Waals surface area (Å²) in [7, 11) is 0.